The molecule has 0 saturated carbocycles. The monoisotopic (exact) mass is 373 g/mol. The summed E-state index contributed by atoms with van der Waals surface area (Å²) in [4.78, 5) is 12.1. The summed E-state index contributed by atoms with van der Waals surface area (Å²) < 4.78 is 7.30. The molecule has 0 amide bonds. The molecule has 1 atom stereocenters. The zero-order valence-electron chi connectivity index (χ0n) is 16.6. The third-order valence-corrected chi connectivity index (χ3v) is 5.67. The van der Waals surface area contributed by atoms with Gasteiger partial charge in [0.2, 0.25) is 11.9 Å². The Hall–Kier alpha value is -1.93. The lowest BCUT2D eigenvalue weighted by Crippen LogP contribution is -2.37. The first-order valence-corrected chi connectivity index (χ1v) is 10.2. The molecule has 8 nitrogen and oxygen atoms in total. The maximum atomic E-state index is 5.43. The predicted molar refractivity (Wildman–Crippen MR) is 107 cm³/mol. The van der Waals surface area contributed by atoms with Crippen LogP contribution in [0.25, 0.3) is 5.65 Å². The molecule has 148 valence electrons. The molecule has 2 N–H and O–H groups in total. The van der Waals surface area contributed by atoms with E-state index in [1.54, 1.807) is 7.11 Å². The first kappa shape index (κ1) is 18.4. The Kier molecular flexibility index (Phi) is 5.45. The fraction of sp³-hybridized carbons (Fsp3) is 0.737. The average Bonchev–Trinajstić information content (AvgIpc) is 3.29. The fourth-order valence-corrected chi connectivity index (χ4v) is 4.13. The van der Waals surface area contributed by atoms with Gasteiger partial charge in [0.25, 0.3) is 0 Å². The van der Waals surface area contributed by atoms with Gasteiger partial charge in [0.05, 0.1) is 18.8 Å². The normalized spacial score (nSPS) is 21.5. The molecule has 0 radical (unpaired) electrons. The van der Waals surface area contributed by atoms with Gasteiger partial charge in [-0.2, -0.15) is 19.6 Å². The zero-order chi connectivity index (χ0) is 18.8. The number of anilines is 2. The zero-order valence-corrected chi connectivity index (χ0v) is 16.6. The second kappa shape index (κ2) is 7.98. The third-order valence-electron chi connectivity index (χ3n) is 5.67. The standard InChI is InChI=1S/C19H31N7O/c1-13(2)16-11-21-26-17(16)23-18(25-10-4-5-15(25)12-27-3)24-19(26)22-14-6-8-20-9-7-14/h11,13-15,20H,4-10,12H2,1-3H3,(H,22,23,24)/t15-/m0/s1. The maximum Gasteiger partial charge on any atom is 0.231 e. The van der Waals surface area contributed by atoms with Crippen molar-refractivity contribution in [1.29, 1.82) is 0 Å². The van der Waals surface area contributed by atoms with Gasteiger partial charge in [-0.15, -0.1) is 0 Å². The highest BCUT2D eigenvalue weighted by atomic mass is 16.5. The quantitative estimate of drug-likeness (QED) is 0.802. The summed E-state index contributed by atoms with van der Waals surface area (Å²) in [5.74, 6) is 1.96. The molecule has 0 spiro atoms. The van der Waals surface area contributed by atoms with Crippen LogP contribution in [0.3, 0.4) is 0 Å². The Labute approximate surface area is 160 Å². The number of aromatic nitrogens is 4. The van der Waals surface area contributed by atoms with Crippen LogP contribution in [0, 0.1) is 0 Å². The van der Waals surface area contributed by atoms with Gasteiger partial charge in [0.1, 0.15) is 0 Å². The Morgan fingerprint density at radius 2 is 2.07 bits per heavy atom. The molecule has 0 unspecified atom stereocenters. The van der Waals surface area contributed by atoms with E-state index < -0.39 is 0 Å². The highest BCUT2D eigenvalue weighted by Crippen LogP contribution is 2.28. The fourth-order valence-electron chi connectivity index (χ4n) is 4.13. The minimum atomic E-state index is 0.342. The van der Waals surface area contributed by atoms with E-state index in [0.717, 1.165) is 68.4 Å². The van der Waals surface area contributed by atoms with Crippen molar-refractivity contribution in [2.45, 2.75) is 57.5 Å². The molecule has 0 aromatic carbocycles. The molecule has 4 heterocycles. The van der Waals surface area contributed by atoms with E-state index in [2.05, 4.69) is 34.5 Å². The molecular weight excluding hydrogens is 342 g/mol. The summed E-state index contributed by atoms with van der Waals surface area (Å²) in [6.45, 7) is 8.13. The van der Waals surface area contributed by atoms with Crippen molar-refractivity contribution in [2.24, 2.45) is 0 Å². The number of nitrogens with zero attached hydrogens (tertiary/aromatic N) is 5. The van der Waals surface area contributed by atoms with Gasteiger partial charge in [-0.3, -0.25) is 0 Å². The largest absolute Gasteiger partial charge is 0.383 e. The van der Waals surface area contributed by atoms with E-state index in [1.807, 2.05) is 10.7 Å². The SMILES string of the molecule is COC[C@@H]1CCCN1c1nc(NC2CCNCC2)n2ncc(C(C)C)c2n1. The molecular formula is C19H31N7O. The minimum absolute atomic E-state index is 0.342. The van der Waals surface area contributed by atoms with E-state index in [-0.39, 0.29) is 0 Å². The van der Waals surface area contributed by atoms with Gasteiger partial charge in [0, 0.05) is 25.3 Å². The topological polar surface area (TPSA) is 79.6 Å². The van der Waals surface area contributed by atoms with Crippen molar-refractivity contribution in [3.8, 4) is 0 Å². The number of piperidine rings is 1. The summed E-state index contributed by atoms with van der Waals surface area (Å²) in [5.41, 5.74) is 2.07. The Morgan fingerprint density at radius 1 is 1.26 bits per heavy atom. The Morgan fingerprint density at radius 3 is 2.81 bits per heavy atom. The second-order valence-corrected chi connectivity index (χ2v) is 7.95. The molecule has 2 fully saturated rings. The van der Waals surface area contributed by atoms with Gasteiger partial charge < -0.3 is 20.3 Å². The molecule has 4 rings (SSSR count). The van der Waals surface area contributed by atoms with Crippen molar-refractivity contribution < 1.29 is 4.74 Å². The Balaban J connectivity index is 1.73. The molecule has 0 aliphatic carbocycles. The van der Waals surface area contributed by atoms with Crippen molar-refractivity contribution in [3.05, 3.63) is 11.8 Å². The number of methoxy groups -OCH3 is 1. The maximum absolute atomic E-state index is 5.43. The lowest BCUT2D eigenvalue weighted by atomic mass is 10.1. The van der Waals surface area contributed by atoms with Crippen LogP contribution in [0.1, 0.15) is 51.0 Å². The van der Waals surface area contributed by atoms with Crippen molar-refractivity contribution in [2.75, 3.05) is 43.6 Å². The van der Waals surface area contributed by atoms with Gasteiger partial charge in [-0.1, -0.05) is 13.8 Å². The van der Waals surface area contributed by atoms with Crippen LogP contribution in [0.2, 0.25) is 0 Å². The number of fused-ring (bicyclic) bond motifs is 1. The van der Waals surface area contributed by atoms with Crippen LogP contribution in [0.15, 0.2) is 6.20 Å². The van der Waals surface area contributed by atoms with E-state index in [0.29, 0.717) is 24.6 Å². The molecule has 2 aromatic heterocycles. The lowest BCUT2D eigenvalue weighted by Gasteiger charge is -2.27. The van der Waals surface area contributed by atoms with Gasteiger partial charge in [-0.05, 0) is 44.7 Å². The predicted octanol–water partition coefficient (Wildman–Crippen LogP) is 2.03. The number of rotatable bonds is 6. The smallest absolute Gasteiger partial charge is 0.231 e. The van der Waals surface area contributed by atoms with E-state index in [9.17, 15) is 0 Å². The molecule has 2 saturated heterocycles. The average molecular weight is 374 g/mol. The minimum Gasteiger partial charge on any atom is -0.383 e. The van der Waals surface area contributed by atoms with Crippen LogP contribution in [-0.4, -0.2) is 65.0 Å². The summed E-state index contributed by atoms with van der Waals surface area (Å²) in [5, 5.41) is 11.7. The van der Waals surface area contributed by atoms with Crippen molar-refractivity contribution >= 4 is 17.5 Å². The number of nitrogens with one attached hydrogen (secondary N) is 2. The van der Waals surface area contributed by atoms with Gasteiger partial charge >= 0.3 is 0 Å². The van der Waals surface area contributed by atoms with Crippen LogP contribution >= 0.6 is 0 Å². The number of hydrogen-bond acceptors (Lipinski definition) is 7. The van der Waals surface area contributed by atoms with Crippen LogP contribution < -0.4 is 15.5 Å². The van der Waals surface area contributed by atoms with Crippen LogP contribution in [0.4, 0.5) is 11.9 Å². The van der Waals surface area contributed by atoms with Crippen molar-refractivity contribution in [1.82, 2.24) is 24.9 Å². The molecule has 2 aromatic rings. The molecule has 0 bridgehead atoms. The summed E-state index contributed by atoms with van der Waals surface area (Å²) >= 11 is 0. The number of ether oxygens (including phenoxy) is 1. The molecule has 27 heavy (non-hydrogen) atoms. The highest BCUT2D eigenvalue weighted by molar-refractivity contribution is 5.57. The summed E-state index contributed by atoms with van der Waals surface area (Å²) in [6, 6.07) is 0.756. The number of hydrogen-bond donors (Lipinski definition) is 2. The van der Waals surface area contributed by atoms with Crippen LogP contribution in [0.5, 0.6) is 0 Å². The summed E-state index contributed by atoms with van der Waals surface area (Å²) in [6.07, 6.45) is 6.39. The highest BCUT2D eigenvalue weighted by Gasteiger charge is 2.28. The van der Waals surface area contributed by atoms with Crippen molar-refractivity contribution in [3.63, 3.8) is 0 Å². The first-order chi connectivity index (χ1) is 13.2. The van der Waals surface area contributed by atoms with Crippen LogP contribution in [-0.2, 0) is 4.74 Å². The van der Waals surface area contributed by atoms with Gasteiger partial charge in [-0.25, -0.2) is 0 Å². The molecule has 8 heteroatoms. The second-order valence-electron chi connectivity index (χ2n) is 7.95. The van der Waals surface area contributed by atoms with Gasteiger partial charge in [0.15, 0.2) is 5.65 Å². The molecule has 2 aliphatic heterocycles. The van der Waals surface area contributed by atoms with E-state index >= 15 is 0 Å². The Bertz CT molecular complexity index is 769. The van der Waals surface area contributed by atoms with E-state index in [1.165, 1.54) is 0 Å². The summed E-state index contributed by atoms with van der Waals surface area (Å²) in [7, 11) is 1.76. The lowest BCUT2D eigenvalue weighted by molar-refractivity contribution is 0.180. The van der Waals surface area contributed by atoms with E-state index in [4.69, 9.17) is 14.7 Å². The first-order valence-electron chi connectivity index (χ1n) is 10.2. The third kappa shape index (κ3) is 3.73. The molecule has 2 aliphatic rings.